The minimum Gasteiger partial charge on any atom is -0.381 e. The Morgan fingerprint density at radius 2 is 2.00 bits per heavy atom. The Bertz CT molecular complexity index is 755. The normalized spacial score (nSPS) is 24.6. The Kier molecular flexibility index (Phi) is 4.79. The summed E-state index contributed by atoms with van der Waals surface area (Å²) in [6, 6.07) is 7.30. The maximum atomic E-state index is 12.7. The second kappa shape index (κ2) is 7.08. The second-order valence-corrected chi connectivity index (χ2v) is 9.34. The number of nitrogens with zero attached hydrogens (tertiary/aromatic N) is 2. The van der Waals surface area contributed by atoms with Crippen LogP contribution in [0.4, 0.5) is 16.2 Å². The number of benzene rings is 1. The van der Waals surface area contributed by atoms with E-state index >= 15 is 0 Å². The molecular formula is C18H25N3O4S. The number of urea groups is 1. The summed E-state index contributed by atoms with van der Waals surface area (Å²) >= 11 is 0. The van der Waals surface area contributed by atoms with Gasteiger partial charge in [0.15, 0.2) is 0 Å². The SMILES string of the molecule is O=C(Nc1ccc(N2CCCS2(=O)=O)cc1)N(CC1CCOC1)C1CC1. The molecule has 1 atom stereocenters. The topological polar surface area (TPSA) is 79.0 Å². The molecule has 2 saturated heterocycles. The first-order valence-electron chi connectivity index (χ1n) is 9.29. The maximum Gasteiger partial charge on any atom is 0.322 e. The predicted molar refractivity (Wildman–Crippen MR) is 99.9 cm³/mol. The first-order chi connectivity index (χ1) is 12.5. The zero-order valence-corrected chi connectivity index (χ0v) is 15.6. The molecule has 7 nitrogen and oxygen atoms in total. The van der Waals surface area contributed by atoms with Crippen LogP contribution in [0.1, 0.15) is 25.7 Å². The Hall–Kier alpha value is -1.80. The number of hydrogen-bond donors (Lipinski definition) is 1. The highest BCUT2D eigenvalue weighted by atomic mass is 32.2. The van der Waals surface area contributed by atoms with Crippen molar-refractivity contribution in [1.82, 2.24) is 4.90 Å². The smallest absolute Gasteiger partial charge is 0.322 e. The van der Waals surface area contributed by atoms with Crippen molar-refractivity contribution in [2.75, 3.05) is 41.7 Å². The van der Waals surface area contributed by atoms with Crippen LogP contribution in [-0.4, -0.2) is 57.4 Å². The molecule has 3 aliphatic rings. The molecule has 0 radical (unpaired) electrons. The van der Waals surface area contributed by atoms with Crippen molar-refractivity contribution in [2.24, 2.45) is 5.92 Å². The van der Waals surface area contributed by atoms with Crippen molar-refractivity contribution in [3.05, 3.63) is 24.3 Å². The standard InChI is InChI=1S/C18H25N3O4S/c22-18(20(16-6-7-16)12-14-8-10-25-13-14)19-15-2-4-17(5-3-15)21-9-1-11-26(21,23)24/h2-5,14,16H,1,6-13H2,(H,19,22). The van der Waals surface area contributed by atoms with Crippen LogP contribution >= 0.6 is 0 Å². The zero-order chi connectivity index (χ0) is 18.1. The van der Waals surface area contributed by atoms with Crippen LogP contribution in [0.15, 0.2) is 24.3 Å². The molecule has 142 valence electrons. The quantitative estimate of drug-likeness (QED) is 0.851. The van der Waals surface area contributed by atoms with Crippen LogP contribution in [0.3, 0.4) is 0 Å². The lowest BCUT2D eigenvalue weighted by Gasteiger charge is -2.25. The van der Waals surface area contributed by atoms with Crippen LogP contribution in [0.25, 0.3) is 0 Å². The first kappa shape index (κ1) is 17.6. The van der Waals surface area contributed by atoms with Crippen molar-refractivity contribution < 1.29 is 17.9 Å². The number of hydrogen-bond acceptors (Lipinski definition) is 4. The molecule has 1 aromatic rings. The summed E-state index contributed by atoms with van der Waals surface area (Å²) in [5, 5.41) is 2.95. The lowest BCUT2D eigenvalue weighted by molar-refractivity contribution is 0.167. The lowest BCUT2D eigenvalue weighted by atomic mass is 10.1. The van der Waals surface area contributed by atoms with Gasteiger partial charge in [0.05, 0.1) is 18.0 Å². The highest BCUT2D eigenvalue weighted by molar-refractivity contribution is 7.93. The molecule has 2 heterocycles. The van der Waals surface area contributed by atoms with Gasteiger partial charge in [-0.1, -0.05) is 0 Å². The van der Waals surface area contributed by atoms with Gasteiger partial charge in [-0.15, -0.1) is 0 Å². The molecule has 26 heavy (non-hydrogen) atoms. The fraction of sp³-hybridized carbons (Fsp3) is 0.611. The van der Waals surface area contributed by atoms with E-state index in [1.165, 1.54) is 4.31 Å². The summed E-state index contributed by atoms with van der Waals surface area (Å²) in [6.07, 6.45) is 3.79. The summed E-state index contributed by atoms with van der Waals surface area (Å²) in [6.45, 7) is 2.77. The molecule has 1 aliphatic carbocycles. The van der Waals surface area contributed by atoms with Gasteiger partial charge in [-0.3, -0.25) is 4.31 Å². The molecule has 2 aliphatic heterocycles. The van der Waals surface area contributed by atoms with Gasteiger partial charge in [0.1, 0.15) is 0 Å². The van der Waals surface area contributed by atoms with E-state index in [2.05, 4.69) is 5.32 Å². The van der Waals surface area contributed by atoms with Crippen LogP contribution in [0.5, 0.6) is 0 Å². The van der Waals surface area contributed by atoms with Gasteiger partial charge in [-0.05, 0) is 49.9 Å². The Morgan fingerprint density at radius 1 is 1.23 bits per heavy atom. The summed E-state index contributed by atoms with van der Waals surface area (Å²) in [4.78, 5) is 14.6. The van der Waals surface area contributed by atoms with Crippen LogP contribution in [0.2, 0.25) is 0 Å². The van der Waals surface area contributed by atoms with E-state index in [0.717, 1.165) is 39.0 Å². The Morgan fingerprint density at radius 3 is 2.58 bits per heavy atom. The molecule has 8 heteroatoms. The third kappa shape index (κ3) is 3.81. The Labute approximate surface area is 154 Å². The van der Waals surface area contributed by atoms with Crippen LogP contribution in [0, 0.1) is 5.92 Å². The number of carbonyl (C=O) groups excluding carboxylic acids is 1. The van der Waals surface area contributed by atoms with Gasteiger partial charge in [0, 0.05) is 37.3 Å². The number of rotatable bonds is 5. The number of carbonyl (C=O) groups is 1. The highest BCUT2D eigenvalue weighted by Gasteiger charge is 2.35. The van der Waals surface area contributed by atoms with E-state index in [1.807, 2.05) is 4.90 Å². The average Bonchev–Trinajstić information content (AvgIpc) is 3.20. The lowest BCUT2D eigenvalue weighted by Crippen LogP contribution is -2.40. The van der Waals surface area contributed by atoms with Crippen molar-refractivity contribution in [1.29, 1.82) is 0 Å². The molecule has 1 saturated carbocycles. The molecule has 1 aromatic carbocycles. The third-order valence-electron chi connectivity index (χ3n) is 5.23. The summed E-state index contributed by atoms with van der Waals surface area (Å²) in [7, 11) is -3.18. The maximum absolute atomic E-state index is 12.7. The van der Waals surface area contributed by atoms with E-state index in [-0.39, 0.29) is 11.8 Å². The molecule has 0 bridgehead atoms. The van der Waals surface area contributed by atoms with E-state index in [1.54, 1.807) is 24.3 Å². The fourth-order valence-corrected chi connectivity index (χ4v) is 5.19. The monoisotopic (exact) mass is 379 g/mol. The predicted octanol–water partition coefficient (Wildman–Crippen LogP) is 2.26. The highest BCUT2D eigenvalue weighted by Crippen LogP contribution is 2.30. The molecule has 0 spiro atoms. The minimum atomic E-state index is -3.18. The molecule has 0 aromatic heterocycles. The van der Waals surface area contributed by atoms with Gasteiger partial charge in [-0.25, -0.2) is 13.2 Å². The van der Waals surface area contributed by atoms with Gasteiger partial charge < -0.3 is 15.0 Å². The largest absolute Gasteiger partial charge is 0.381 e. The van der Waals surface area contributed by atoms with Gasteiger partial charge >= 0.3 is 6.03 Å². The van der Waals surface area contributed by atoms with Gasteiger partial charge in [0.25, 0.3) is 0 Å². The summed E-state index contributed by atoms with van der Waals surface area (Å²) in [5.41, 5.74) is 1.34. The number of ether oxygens (including phenoxy) is 1. The molecule has 3 fully saturated rings. The summed E-state index contributed by atoms with van der Waals surface area (Å²) < 4.78 is 30.9. The first-order valence-corrected chi connectivity index (χ1v) is 10.9. The second-order valence-electron chi connectivity index (χ2n) is 7.33. The van der Waals surface area contributed by atoms with Crippen LogP contribution < -0.4 is 9.62 Å². The fourth-order valence-electron chi connectivity index (χ4n) is 3.63. The molecular weight excluding hydrogens is 354 g/mol. The molecule has 1 N–H and O–H groups in total. The number of sulfonamides is 1. The van der Waals surface area contributed by atoms with Crippen LogP contribution in [-0.2, 0) is 14.8 Å². The molecule has 4 rings (SSSR count). The number of amides is 2. The molecule has 1 unspecified atom stereocenters. The van der Waals surface area contributed by atoms with Crippen molar-refractivity contribution in [2.45, 2.75) is 31.7 Å². The number of anilines is 2. The van der Waals surface area contributed by atoms with E-state index in [9.17, 15) is 13.2 Å². The van der Waals surface area contributed by atoms with Crippen molar-refractivity contribution >= 4 is 27.4 Å². The summed E-state index contributed by atoms with van der Waals surface area (Å²) in [5.74, 6) is 0.622. The van der Waals surface area contributed by atoms with E-state index in [0.29, 0.717) is 36.3 Å². The van der Waals surface area contributed by atoms with Gasteiger partial charge in [-0.2, -0.15) is 0 Å². The minimum absolute atomic E-state index is 0.0825. The van der Waals surface area contributed by atoms with Gasteiger partial charge in [0.2, 0.25) is 10.0 Å². The van der Waals surface area contributed by atoms with E-state index < -0.39 is 10.0 Å². The number of nitrogens with one attached hydrogen (secondary N) is 1. The Balaban J connectivity index is 1.40. The zero-order valence-electron chi connectivity index (χ0n) is 14.8. The van der Waals surface area contributed by atoms with Crippen molar-refractivity contribution in [3.63, 3.8) is 0 Å². The average molecular weight is 379 g/mol. The molecule has 2 amide bonds. The van der Waals surface area contributed by atoms with Crippen molar-refractivity contribution in [3.8, 4) is 0 Å². The third-order valence-corrected chi connectivity index (χ3v) is 7.10. The van der Waals surface area contributed by atoms with E-state index in [4.69, 9.17) is 4.74 Å².